The van der Waals surface area contributed by atoms with Crippen LogP contribution in [0, 0.1) is 0 Å². The molecule has 6 rings (SSSR count). The van der Waals surface area contributed by atoms with Crippen LogP contribution in [-0.2, 0) is 5.41 Å². The largest absolute Gasteiger partial charge is 0.368 e. The van der Waals surface area contributed by atoms with Crippen molar-refractivity contribution in [3.05, 3.63) is 47.8 Å². The summed E-state index contributed by atoms with van der Waals surface area (Å²) in [4.78, 5) is 28.1. The fraction of sp³-hybridized carbons (Fsp3) is 0.462. The Labute approximate surface area is 189 Å². The Morgan fingerprint density at radius 3 is 2.47 bits per heavy atom. The molecule has 1 aliphatic carbocycles. The third-order valence-electron chi connectivity index (χ3n) is 8.03. The Morgan fingerprint density at radius 1 is 0.938 bits per heavy atom. The number of ketones is 1. The van der Waals surface area contributed by atoms with Gasteiger partial charge in [0.2, 0.25) is 0 Å². The highest BCUT2D eigenvalue weighted by Gasteiger charge is 2.44. The van der Waals surface area contributed by atoms with Gasteiger partial charge in [-0.15, -0.1) is 0 Å². The molecule has 32 heavy (non-hydrogen) atoms. The first-order valence-corrected chi connectivity index (χ1v) is 11.8. The quantitative estimate of drug-likeness (QED) is 0.675. The van der Waals surface area contributed by atoms with E-state index in [-0.39, 0.29) is 5.41 Å². The van der Waals surface area contributed by atoms with Crippen LogP contribution in [-0.4, -0.2) is 78.9 Å². The van der Waals surface area contributed by atoms with E-state index < -0.39 is 0 Å². The van der Waals surface area contributed by atoms with Crippen LogP contribution in [0.4, 0.5) is 5.69 Å². The number of Topliss-reactive ketones (excluding diaryl/α,β-unsaturated/α-hetero) is 1. The van der Waals surface area contributed by atoms with Crippen LogP contribution < -0.4 is 4.90 Å². The van der Waals surface area contributed by atoms with Gasteiger partial charge in [0.25, 0.3) is 0 Å². The predicted molar refractivity (Wildman–Crippen MR) is 129 cm³/mol. The van der Waals surface area contributed by atoms with Gasteiger partial charge in [-0.3, -0.25) is 4.79 Å². The van der Waals surface area contributed by atoms with Crippen LogP contribution in [0.25, 0.3) is 22.2 Å². The summed E-state index contributed by atoms with van der Waals surface area (Å²) in [6, 6.07) is 8.77. The summed E-state index contributed by atoms with van der Waals surface area (Å²) in [5.41, 5.74) is 6.69. The topological polar surface area (TPSA) is 55.5 Å². The molecule has 2 fully saturated rings. The lowest BCUT2D eigenvalue weighted by Crippen LogP contribution is -2.44. The van der Waals surface area contributed by atoms with Gasteiger partial charge in [-0.05, 0) is 63.3 Å². The maximum atomic E-state index is 12.8. The molecule has 0 unspecified atom stereocenters. The molecule has 0 saturated carbocycles. The number of pyridine rings is 1. The van der Waals surface area contributed by atoms with E-state index in [1.807, 2.05) is 6.20 Å². The minimum absolute atomic E-state index is 0.0181. The lowest BCUT2D eigenvalue weighted by molar-refractivity contribution is 0.0945. The Hall–Kier alpha value is -2.70. The van der Waals surface area contributed by atoms with Crippen LogP contribution in [0.15, 0.2) is 36.7 Å². The second-order valence-electron chi connectivity index (χ2n) is 10.0. The SMILES string of the molecule is CN1CCN(c2cnc3[nH]cc(-c4ccc5c(c4)C4(CCN(C)CC4)CC5=O)c3c2)CC1. The summed E-state index contributed by atoms with van der Waals surface area (Å²) in [6.07, 6.45) is 6.86. The van der Waals surface area contributed by atoms with Crippen LogP contribution >= 0.6 is 0 Å². The monoisotopic (exact) mass is 429 g/mol. The van der Waals surface area contributed by atoms with Gasteiger partial charge in [-0.1, -0.05) is 12.1 Å². The summed E-state index contributed by atoms with van der Waals surface area (Å²) in [5.74, 6) is 0.314. The van der Waals surface area contributed by atoms with E-state index >= 15 is 0 Å². The van der Waals surface area contributed by atoms with E-state index in [1.54, 1.807) is 0 Å². The number of aromatic nitrogens is 2. The molecule has 6 heteroatoms. The number of likely N-dealkylation sites (tertiary alicyclic amines) is 1. The number of fused-ring (bicyclic) bond motifs is 3. The van der Waals surface area contributed by atoms with Crippen molar-refractivity contribution in [3.8, 4) is 11.1 Å². The van der Waals surface area contributed by atoms with Crippen molar-refractivity contribution in [1.29, 1.82) is 0 Å². The normalized spacial score (nSPS) is 21.6. The number of rotatable bonds is 2. The Morgan fingerprint density at radius 2 is 1.69 bits per heavy atom. The van der Waals surface area contributed by atoms with Gasteiger partial charge >= 0.3 is 0 Å². The number of H-pyrrole nitrogens is 1. The molecular weight excluding hydrogens is 398 g/mol. The summed E-state index contributed by atoms with van der Waals surface area (Å²) in [7, 11) is 4.36. The van der Waals surface area contributed by atoms with Crippen molar-refractivity contribution in [2.45, 2.75) is 24.7 Å². The lowest BCUT2D eigenvalue weighted by Gasteiger charge is -2.38. The van der Waals surface area contributed by atoms with E-state index in [0.717, 1.165) is 68.7 Å². The zero-order valence-corrected chi connectivity index (χ0v) is 19.0. The molecular formula is C26H31N5O. The number of anilines is 1. The highest BCUT2D eigenvalue weighted by Crippen LogP contribution is 2.47. The standard InChI is InChI=1S/C26H31N5O/c1-29-7-5-26(6-8-29)15-24(32)20-4-3-18(13-23(20)26)22-17-28-25-21(22)14-19(16-27-25)31-11-9-30(2)10-12-31/h3-4,13-14,16-17H,5-12,15H2,1-2H3,(H,27,28). The molecule has 2 saturated heterocycles. The Bertz CT molecular complexity index is 1180. The van der Waals surface area contributed by atoms with E-state index in [2.05, 4.69) is 64.2 Å². The number of benzene rings is 1. The number of hydrogen-bond donors (Lipinski definition) is 1. The first-order chi connectivity index (χ1) is 15.5. The van der Waals surface area contributed by atoms with Crippen LogP contribution in [0.3, 0.4) is 0 Å². The predicted octanol–water partition coefficient (Wildman–Crippen LogP) is 3.53. The molecule has 166 valence electrons. The number of nitrogens with zero attached hydrogens (tertiary/aromatic N) is 4. The molecule has 0 bridgehead atoms. The van der Waals surface area contributed by atoms with Crippen molar-refractivity contribution in [3.63, 3.8) is 0 Å². The summed E-state index contributed by atoms with van der Waals surface area (Å²) >= 11 is 0. The molecule has 2 aliphatic heterocycles. The van der Waals surface area contributed by atoms with Gasteiger partial charge in [-0.25, -0.2) is 4.98 Å². The van der Waals surface area contributed by atoms with Crippen molar-refractivity contribution >= 4 is 22.5 Å². The fourth-order valence-electron chi connectivity index (χ4n) is 5.85. The number of aromatic amines is 1. The van der Waals surface area contributed by atoms with Gasteiger partial charge < -0.3 is 19.7 Å². The average Bonchev–Trinajstić information content (AvgIpc) is 3.35. The van der Waals surface area contributed by atoms with Gasteiger partial charge in [0.15, 0.2) is 5.78 Å². The van der Waals surface area contributed by atoms with Crippen molar-refractivity contribution in [2.24, 2.45) is 0 Å². The van der Waals surface area contributed by atoms with Crippen molar-refractivity contribution < 1.29 is 4.79 Å². The van der Waals surface area contributed by atoms with Gasteiger partial charge in [0, 0.05) is 60.7 Å². The third kappa shape index (κ3) is 3.16. The molecule has 3 aromatic rings. The maximum Gasteiger partial charge on any atom is 0.164 e. The highest BCUT2D eigenvalue weighted by atomic mass is 16.1. The Kier molecular flexibility index (Phi) is 4.63. The zero-order chi connectivity index (χ0) is 21.9. The minimum Gasteiger partial charge on any atom is -0.368 e. The number of nitrogens with one attached hydrogen (secondary N) is 1. The van der Waals surface area contributed by atoms with E-state index in [1.165, 1.54) is 22.4 Å². The molecule has 1 aromatic carbocycles. The Balaban J connectivity index is 1.39. The number of carbonyl (C=O) groups excluding carboxylic acids is 1. The van der Waals surface area contributed by atoms with Gasteiger partial charge in [0.1, 0.15) is 5.65 Å². The molecule has 1 spiro atoms. The van der Waals surface area contributed by atoms with Gasteiger partial charge in [0.05, 0.1) is 11.9 Å². The molecule has 0 atom stereocenters. The molecule has 1 N–H and O–H groups in total. The number of piperazine rings is 1. The summed E-state index contributed by atoms with van der Waals surface area (Å²) in [5, 5.41) is 1.16. The molecule has 2 aromatic heterocycles. The molecule has 0 amide bonds. The zero-order valence-electron chi connectivity index (χ0n) is 19.0. The minimum atomic E-state index is 0.0181. The highest BCUT2D eigenvalue weighted by molar-refractivity contribution is 6.03. The van der Waals surface area contributed by atoms with Crippen molar-refractivity contribution in [1.82, 2.24) is 19.8 Å². The first-order valence-electron chi connectivity index (χ1n) is 11.8. The van der Waals surface area contributed by atoms with E-state index in [0.29, 0.717) is 12.2 Å². The molecule has 6 nitrogen and oxygen atoms in total. The van der Waals surface area contributed by atoms with Crippen LogP contribution in [0.1, 0.15) is 35.2 Å². The summed E-state index contributed by atoms with van der Waals surface area (Å²) in [6.45, 7) is 6.33. The number of piperidine rings is 1. The van der Waals surface area contributed by atoms with E-state index in [4.69, 9.17) is 4.98 Å². The van der Waals surface area contributed by atoms with Crippen LogP contribution in [0.2, 0.25) is 0 Å². The second-order valence-corrected chi connectivity index (χ2v) is 10.0. The lowest BCUT2D eigenvalue weighted by atomic mass is 9.73. The van der Waals surface area contributed by atoms with Gasteiger partial charge in [-0.2, -0.15) is 0 Å². The third-order valence-corrected chi connectivity index (χ3v) is 8.03. The number of likely N-dealkylation sites (N-methyl/N-ethyl adjacent to an activating group) is 1. The first kappa shape index (κ1) is 19.9. The van der Waals surface area contributed by atoms with Crippen LogP contribution in [0.5, 0.6) is 0 Å². The fourth-order valence-corrected chi connectivity index (χ4v) is 5.85. The average molecular weight is 430 g/mol. The smallest absolute Gasteiger partial charge is 0.164 e. The number of hydrogen-bond acceptors (Lipinski definition) is 5. The van der Waals surface area contributed by atoms with E-state index in [9.17, 15) is 4.79 Å². The molecule has 0 radical (unpaired) electrons. The maximum absolute atomic E-state index is 12.8. The molecule has 4 heterocycles. The summed E-state index contributed by atoms with van der Waals surface area (Å²) < 4.78 is 0. The number of carbonyl (C=O) groups is 1. The van der Waals surface area contributed by atoms with Crippen molar-refractivity contribution in [2.75, 3.05) is 58.3 Å². The molecule has 3 aliphatic rings. The second kappa shape index (κ2) is 7.42.